The van der Waals surface area contributed by atoms with Gasteiger partial charge in [0.05, 0.1) is 23.7 Å². The van der Waals surface area contributed by atoms with Gasteiger partial charge in [0, 0.05) is 5.56 Å². The molecule has 0 aliphatic heterocycles. The molecule has 0 amide bonds. The first-order chi connectivity index (χ1) is 9.65. The Morgan fingerprint density at radius 3 is 2.70 bits per heavy atom. The lowest BCUT2D eigenvalue weighted by molar-refractivity contribution is 0.175. The molecule has 0 bridgehead atoms. The lowest BCUT2D eigenvalue weighted by Gasteiger charge is -2.11. The number of rotatable bonds is 3. The Labute approximate surface area is 118 Å². The van der Waals surface area contributed by atoms with Crippen molar-refractivity contribution in [2.75, 3.05) is 0 Å². The van der Waals surface area contributed by atoms with Crippen LogP contribution in [0.15, 0.2) is 48.5 Å². The number of aliphatic hydroxyl groups excluding tert-OH is 1. The molecule has 0 aliphatic carbocycles. The Morgan fingerprint density at radius 1 is 1.15 bits per heavy atom. The van der Waals surface area contributed by atoms with Gasteiger partial charge < -0.3 is 9.67 Å². The molecular weight excluding hydrogens is 248 g/mol. The van der Waals surface area contributed by atoms with Crippen molar-refractivity contribution < 1.29 is 5.11 Å². The van der Waals surface area contributed by atoms with Gasteiger partial charge in [-0.25, -0.2) is 4.98 Å². The van der Waals surface area contributed by atoms with Crippen LogP contribution in [0.1, 0.15) is 12.5 Å². The van der Waals surface area contributed by atoms with E-state index >= 15 is 0 Å². The smallest absolute Gasteiger partial charge is 0.141 e. The Hall–Kier alpha value is -2.13. The average Bonchev–Trinajstić information content (AvgIpc) is 2.77. The fraction of sp³-hybridized carbons (Fsp3) is 0.235. The van der Waals surface area contributed by atoms with Gasteiger partial charge in [-0.1, -0.05) is 35.9 Å². The van der Waals surface area contributed by atoms with Crippen molar-refractivity contribution in [3.63, 3.8) is 0 Å². The summed E-state index contributed by atoms with van der Waals surface area (Å²) in [5.74, 6) is 0.913. The number of fused-ring (bicyclic) bond motifs is 1. The second-order valence-electron chi connectivity index (χ2n) is 5.25. The minimum Gasteiger partial charge on any atom is -0.392 e. The van der Waals surface area contributed by atoms with Gasteiger partial charge in [-0.2, -0.15) is 0 Å². The van der Waals surface area contributed by atoms with Crippen LogP contribution in [-0.4, -0.2) is 20.8 Å². The van der Waals surface area contributed by atoms with Crippen LogP contribution in [0.2, 0.25) is 0 Å². The second kappa shape index (κ2) is 5.10. The van der Waals surface area contributed by atoms with Crippen molar-refractivity contribution in [1.82, 2.24) is 9.55 Å². The number of aliphatic hydroxyl groups is 1. The van der Waals surface area contributed by atoms with Crippen LogP contribution in [0.25, 0.3) is 22.4 Å². The molecular formula is C17H18N2O. The molecule has 3 rings (SSSR count). The maximum Gasteiger partial charge on any atom is 0.141 e. The average molecular weight is 266 g/mol. The molecule has 0 fully saturated rings. The van der Waals surface area contributed by atoms with Gasteiger partial charge in [0.25, 0.3) is 0 Å². The van der Waals surface area contributed by atoms with E-state index in [-0.39, 0.29) is 0 Å². The minimum absolute atomic E-state index is 0.406. The highest BCUT2D eigenvalue weighted by Gasteiger charge is 2.13. The molecule has 1 atom stereocenters. The zero-order chi connectivity index (χ0) is 14.1. The predicted molar refractivity (Wildman–Crippen MR) is 81.6 cm³/mol. The SMILES string of the molecule is Cc1cccc(-c2nc3ccccc3n2CC(C)O)c1. The number of para-hydroxylation sites is 2. The van der Waals surface area contributed by atoms with E-state index in [1.54, 1.807) is 6.92 Å². The summed E-state index contributed by atoms with van der Waals surface area (Å²) in [6.07, 6.45) is -0.406. The first-order valence-corrected chi connectivity index (χ1v) is 6.85. The van der Waals surface area contributed by atoms with Crippen molar-refractivity contribution in [2.24, 2.45) is 0 Å². The van der Waals surface area contributed by atoms with Gasteiger partial charge in [-0.15, -0.1) is 0 Å². The topological polar surface area (TPSA) is 38.0 Å². The van der Waals surface area contributed by atoms with Gasteiger partial charge >= 0.3 is 0 Å². The third-order valence-electron chi connectivity index (χ3n) is 3.38. The zero-order valence-electron chi connectivity index (χ0n) is 11.7. The summed E-state index contributed by atoms with van der Waals surface area (Å²) in [7, 11) is 0. The van der Waals surface area contributed by atoms with Gasteiger partial charge in [0.2, 0.25) is 0 Å². The first-order valence-electron chi connectivity index (χ1n) is 6.85. The molecule has 3 aromatic rings. The maximum absolute atomic E-state index is 9.76. The van der Waals surface area contributed by atoms with Gasteiger partial charge in [0.15, 0.2) is 0 Å². The normalized spacial score (nSPS) is 12.8. The third-order valence-corrected chi connectivity index (χ3v) is 3.38. The van der Waals surface area contributed by atoms with E-state index in [2.05, 4.69) is 29.7 Å². The molecule has 1 N–H and O–H groups in total. The van der Waals surface area contributed by atoms with E-state index < -0.39 is 6.10 Å². The predicted octanol–water partition coefficient (Wildman–Crippen LogP) is 3.39. The summed E-state index contributed by atoms with van der Waals surface area (Å²) in [5.41, 5.74) is 4.31. The molecule has 20 heavy (non-hydrogen) atoms. The van der Waals surface area contributed by atoms with Gasteiger partial charge in [0.1, 0.15) is 5.82 Å². The molecule has 0 saturated heterocycles. The van der Waals surface area contributed by atoms with Gasteiger partial charge in [-0.3, -0.25) is 0 Å². The van der Waals surface area contributed by atoms with Crippen molar-refractivity contribution in [3.05, 3.63) is 54.1 Å². The van der Waals surface area contributed by atoms with Crippen LogP contribution in [-0.2, 0) is 6.54 Å². The molecule has 0 radical (unpaired) electrons. The van der Waals surface area contributed by atoms with E-state index in [1.807, 2.05) is 30.3 Å². The van der Waals surface area contributed by atoms with Crippen LogP contribution < -0.4 is 0 Å². The minimum atomic E-state index is -0.406. The lowest BCUT2D eigenvalue weighted by atomic mass is 10.1. The van der Waals surface area contributed by atoms with Crippen LogP contribution >= 0.6 is 0 Å². The molecule has 0 saturated carbocycles. The molecule has 1 aromatic heterocycles. The maximum atomic E-state index is 9.76. The number of hydrogen-bond acceptors (Lipinski definition) is 2. The Morgan fingerprint density at radius 2 is 1.95 bits per heavy atom. The molecule has 102 valence electrons. The van der Waals surface area contributed by atoms with Gasteiger partial charge in [-0.05, 0) is 32.0 Å². The molecule has 1 unspecified atom stereocenters. The third kappa shape index (κ3) is 2.32. The number of benzene rings is 2. The van der Waals surface area contributed by atoms with Crippen molar-refractivity contribution in [3.8, 4) is 11.4 Å². The van der Waals surface area contributed by atoms with E-state index in [9.17, 15) is 5.11 Å². The van der Waals surface area contributed by atoms with Crippen LogP contribution in [0.5, 0.6) is 0 Å². The quantitative estimate of drug-likeness (QED) is 0.789. The van der Waals surface area contributed by atoms with Crippen LogP contribution in [0, 0.1) is 6.92 Å². The molecule has 1 heterocycles. The van der Waals surface area contributed by atoms with E-state index in [0.717, 1.165) is 22.4 Å². The summed E-state index contributed by atoms with van der Waals surface area (Å²) >= 11 is 0. The number of hydrogen-bond donors (Lipinski definition) is 1. The molecule has 0 spiro atoms. The Bertz CT molecular complexity index is 744. The van der Waals surface area contributed by atoms with Crippen molar-refractivity contribution >= 4 is 11.0 Å². The molecule has 2 aromatic carbocycles. The van der Waals surface area contributed by atoms with E-state index in [1.165, 1.54) is 5.56 Å². The standard InChI is InChI=1S/C17H18N2O/c1-12-6-5-7-14(10-12)17-18-15-8-3-4-9-16(15)19(17)11-13(2)20/h3-10,13,20H,11H2,1-2H3. The summed E-state index contributed by atoms with van der Waals surface area (Å²) < 4.78 is 2.09. The highest BCUT2D eigenvalue weighted by molar-refractivity contribution is 5.80. The van der Waals surface area contributed by atoms with E-state index in [4.69, 9.17) is 4.98 Å². The monoisotopic (exact) mass is 266 g/mol. The Balaban J connectivity index is 2.23. The molecule has 0 aliphatic rings. The zero-order valence-corrected chi connectivity index (χ0v) is 11.7. The highest BCUT2D eigenvalue weighted by Crippen LogP contribution is 2.25. The van der Waals surface area contributed by atoms with Crippen molar-refractivity contribution in [2.45, 2.75) is 26.5 Å². The summed E-state index contributed by atoms with van der Waals surface area (Å²) in [4.78, 5) is 4.73. The fourth-order valence-corrected chi connectivity index (χ4v) is 2.53. The fourth-order valence-electron chi connectivity index (χ4n) is 2.53. The molecule has 3 heteroatoms. The summed E-state index contributed by atoms with van der Waals surface area (Å²) in [6.45, 7) is 4.42. The van der Waals surface area contributed by atoms with Crippen LogP contribution in [0.4, 0.5) is 0 Å². The van der Waals surface area contributed by atoms with E-state index in [0.29, 0.717) is 6.54 Å². The second-order valence-corrected chi connectivity index (χ2v) is 5.25. The highest BCUT2D eigenvalue weighted by atomic mass is 16.3. The number of aryl methyl sites for hydroxylation is 1. The molecule has 3 nitrogen and oxygen atoms in total. The number of aromatic nitrogens is 2. The largest absolute Gasteiger partial charge is 0.392 e. The number of imidazole rings is 1. The first kappa shape index (κ1) is 12.9. The van der Waals surface area contributed by atoms with Crippen molar-refractivity contribution in [1.29, 1.82) is 0 Å². The summed E-state index contributed by atoms with van der Waals surface area (Å²) in [5, 5.41) is 9.76. The van der Waals surface area contributed by atoms with Crippen LogP contribution in [0.3, 0.4) is 0 Å². The summed E-state index contributed by atoms with van der Waals surface area (Å²) in [6, 6.07) is 16.3. The lowest BCUT2D eigenvalue weighted by Crippen LogP contribution is -2.12. The Kier molecular flexibility index (Phi) is 3.28. The number of nitrogens with zero attached hydrogens (tertiary/aromatic N) is 2.